The van der Waals surface area contributed by atoms with Crippen LogP contribution < -0.4 is 0 Å². The zero-order chi connectivity index (χ0) is 12.4. The number of alkyl halides is 1. The van der Waals surface area contributed by atoms with Crippen molar-refractivity contribution >= 4 is 50.5 Å². The van der Waals surface area contributed by atoms with Gasteiger partial charge in [-0.25, -0.2) is 0 Å². The third kappa shape index (κ3) is 3.47. The molecule has 0 aliphatic heterocycles. The molecule has 0 aliphatic carbocycles. The van der Waals surface area contributed by atoms with Crippen LogP contribution in [-0.2, 0) is 6.42 Å². The third-order valence-electron chi connectivity index (χ3n) is 2.45. The molecule has 1 unspecified atom stereocenters. The Morgan fingerprint density at radius 1 is 1.29 bits per heavy atom. The molecule has 1 heterocycles. The average Bonchev–Trinajstić information content (AvgIpc) is 2.61. The van der Waals surface area contributed by atoms with E-state index < -0.39 is 0 Å². The van der Waals surface area contributed by atoms with E-state index in [0.29, 0.717) is 0 Å². The van der Waals surface area contributed by atoms with E-state index in [0.717, 1.165) is 15.9 Å². The van der Waals surface area contributed by atoms with Gasteiger partial charge in [-0.15, -0.1) is 22.9 Å². The van der Waals surface area contributed by atoms with Crippen LogP contribution in [0.25, 0.3) is 0 Å². The highest BCUT2D eigenvalue weighted by Crippen LogP contribution is 2.37. The fraction of sp³-hybridized carbons (Fsp3) is 0.231. The fourth-order valence-electron chi connectivity index (χ4n) is 1.63. The van der Waals surface area contributed by atoms with Gasteiger partial charge in [-0.3, -0.25) is 0 Å². The second-order valence-corrected chi connectivity index (χ2v) is 6.97. The number of hydrogen-bond acceptors (Lipinski definition) is 1. The van der Waals surface area contributed by atoms with Gasteiger partial charge in [0.15, 0.2) is 0 Å². The molecule has 0 aliphatic rings. The Hall–Kier alpha value is -0.0200. The SMILES string of the molecule is Cc1cc(Br)c(C(Cl)Cc2ccc(Cl)cc2)s1. The minimum atomic E-state index is 0.00394. The summed E-state index contributed by atoms with van der Waals surface area (Å²) < 4.78 is 1.11. The van der Waals surface area contributed by atoms with Crippen LogP contribution in [0.3, 0.4) is 0 Å². The van der Waals surface area contributed by atoms with E-state index in [4.69, 9.17) is 23.2 Å². The van der Waals surface area contributed by atoms with Crippen LogP contribution in [0, 0.1) is 6.92 Å². The molecule has 4 heteroatoms. The van der Waals surface area contributed by atoms with Gasteiger partial charge in [0.2, 0.25) is 0 Å². The van der Waals surface area contributed by atoms with E-state index in [2.05, 4.69) is 28.9 Å². The fourth-order valence-corrected chi connectivity index (χ4v) is 4.23. The van der Waals surface area contributed by atoms with E-state index >= 15 is 0 Å². The Balaban J connectivity index is 2.14. The molecule has 2 rings (SSSR count). The van der Waals surface area contributed by atoms with Crippen LogP contribution >= 0.6 is 50.5 Å². The summed E-state index contributed by atoms with van der Waals surface area (Å²) in [6.07, 6.45) is 0.817. The summed E-state index contributed by atoms with van der Waals surface area (Å²) in [5.41, 5.74) is 1.20. The van der Waals surface area contributed by atoms with Crippen LogP contribution in [0.15, 0.2) is 34.8 Å². The summed E-state index contributed by atoms with van der Waals surface area (Å²) in [4.78, 5) is 2.47. The summed E-state index contributed by atoms with van der Waals surface area (Å²) in [7, 11) is 0. The van der Waals surface area contributed by atoms with Crippen molar-refractivity contribution in [3.8, 4) is 0 Å². The molecule has 0 radical (unpaired) electrons. The topological polar surface area (TPSA) is 0 Å². The van der Waals surface area contributed by atoms with Crippen molar-refractivity contribution in [2.45, 2.75) is 18.7 Å². The smallest absolute Gasteiger partial charge is 0.0730 e. The molecular weight excluding hydrogens is 339 g/mol. The molecule has 2 aromatic rings. The van der Waals surface area contributed by atoms with Crippen molar-refractivity contribution in [1.29, 1.82) is 0 Å². The number of rotatable bonds is 3. The van der Waals surface area contributed by atoms with E-state index in [1.54, 1.807) is 11.3 Å². The first kappa shape index (κ1) is 13.4. The number of thiophene rings is 1. The highest BCUT2D eigenvalue weighted by atomic mass is 79.9. The van der Waals surface area contributed by atoms with Crippen molar-refractivity contribution < 1.29 is 0 Å². The lowest BCUT2D eigenvalue weighted by atomic mass is 10.1. The van der Waals surface area contributed by atoms with Crippen molar-refractivity contribution in [1.82, 2.24) is 0 Å². The Kier molecular flexibility index (Phi) is 4.53. The monoisotopic (exact) mass is 348 g/mol. The van der Waals surface area contributed by atoms with Crippen LogP contribution in [0.1, 0.15) is 20.7 Å². The lowest BCUT2D eigenvalue weighted by Gasteiger charge is -2.08. The molecule has 0 fully saturated rings. The minimum absolute atomic E-state index is 0.00394. The molecule has 0 bridgehead atoms. The first-order valence-corrected chi connectivity index (χ1v) is 7.63. The van der Waals surface area contributed by atoms with Gasteiger partial charge in [0.1, 0.15) is 0 Å². The normalized spacial score (nSPS) is 12.7. The van der Waals surface area contributed by atoms with Gasteiger partial charge < -0.3 is 0 Å². The standard InChI is InChI=1S/C13H11BrCl2S/c1-8-6-11(14)13(17-8)12(16)7-9-2-4-10(15)5-3-9/h2-6,12H,7H2,1H3. The lowest BCUT2D eigenvalue weighted by Crippen LogP contribution is -1.93. The second kappa shape index (κ2) is 5.75. The Bertz CT molecular complexity index is 505. The molecule has 0 spiro atoms. The van der Waals surface area contributed by atoms with Gasteiger partial charge in [-0.1, -0.05) is 23.7 Å². The van der Waals surface area contributed by atoms with Crippen LogP contribution in [-0.4, -0.2) is 0 Å². The van der Waals surface area contributed by atoms with Gasteiger partial charge in [0, 0.05) is 19.2 Å². The predicted molar refractivity (Wildman–Crippen MR) is 80.5 cm³/mol. The molecule has 0 saturated carbocycles. The first-order valence-electron chi connectivity index (χ1n) is 5.20. The van der Waals surface area contributed by atoms with Crippen LogP contribution in [0.5, 0.6) is 0 Å². The number of halogens is 3. The largest absolute Gasteiger partial charge is 0.143 e. The summed E-state index contributed by atoms with van der Waals surface area (Å²) >= 11 is 17.6. The maximum Gasteiger partial charge on any atom is 0.0730 e. The number of hydrogen-bond donors (Lipinski definition) is 0. The lowest BCUT2D eigenvalue weighted by molar-refractivity contribution is 0.936. The quantitative estimate of drug-likeness (QED) is 0.596. The molecule has 17 heavy (non-hydrogen) atoms. The average molecular weight is 350 g/mol. The molecule has 1 aromatic carbocycles. The number of aryl methyl sites for hydroxylation is 1. The Morgan fingerprint density at radius 3 is 2.47 bits per heavy atom. The van der Waals surface area contributed by atoms with Crippen molar-refractivity contribution in [3.05, 3.63) is 55.1 Å². The van der Waals surface area contributed by atoms with Crippen LogP contribution in [0.2, 0.25) is 5.02 Å². The maximum atomic E-state index is 6.45. The highest BCUT2D eigenvalue weighted by Gasteiger charge is 2.15. The van der Waals surface area contributed by atoms with Gasteiger partial charge in [-0.05, 0) is 53.0 Å². The summed E-state index contributed by atoms with van der Waals surface area (Å²) in [5, 5.41) is 0.761. The zero-order valence-electron chi connectivity index (χ0n) is 9.21. The first-order chi connectivity index (χ1) is 8.06. The molecule has 0 saturated heterocycles. The van der Waals surface area contributed by atoms with Crippen molar-refractivity contribution in [3.63, 3.8) is 0 Å². The van der Waals surface area contributed by atoms with Crippen molar-refractivity contribution in [2.75, 3.05) is 0 Å². The van der Waals surface area contributed by atoms with E-state index in [-0.39, 0.29) is 5.38 Å². The molecule has 1 aromatic heterocycles. The highest BCUT2D eigenvalue weighted by molar-refractivity contribution is 9.10. The Morgan fingerprint density at radius 2 is 1.94 bits per heavy atom. The number of benzene rings is 1. The second-order valence-electron chi connectivity index (χ2n) is 3.87. The van der Waals surface area contributed by atoms with Gasteiger partial charge in [-0.2, -0.15) is 0 Å². The Labute approximate surface area is 124 Å². The molecule has 90 valence electrons. The molecule has 1 atom stereocenters. The van der Waals surface area contributed by atoms with Crippen molar-refractivity contribution in [2.24, 2.45) is 0 Å². The van der Waals surface area contributed by atoms with E-state index in [9.17, 15) is 0 Å². The van der Waals surface area contributed by atoms with Gasteiger partial charge in [0.05, 0.1) is 5.38 Å². The van der Waals surface area contributed by atoms with E-state index in [1.165, 1.54) is 15.3 Å². The van der Waals surface area contributed by atoms with E-state index in [1.807, 2.05) is 24.3 Å². The predicted octanol–water partition coefficient (Wildman–Crippen LogP) is 6.00. The molecule has 0 N–H and O–H groups in total. The summed E-state index contributed by atoms with van der Waals surface area (Å²) in [5.74, 6) is 0. The minimum Gasteiger partial charge on any atom is -0.143 e. The third-order valence-corrected chi connectivity index (χ3v) is 5.29. The van der Waals surface area contributed by atoms with Gasteiger partial charge in [0.25, 0.3) is 0 Å². The van der Waals surface area contributed by atoms with Crippen LogP contribution in [0.4, 0.5) is 0 Å². The molecule has 0 amide bonds. The van der Waals surface area contributed by atoms with Gasteiger partial charge >= 0.3 is 0 Å². The summed E-state index contributed by atoms with van der Waals surface area (Å²) in [6, 6.07) is 9.94. The summed E-state index contributed by atoms with van der Waals surface area (Å²) in [6.45, 7) is 2.09. The molecule has 0 nitrogen and oxygen atoms in total. The maximum absolute atomic E-state index is 6.45. The zero-order valence-corrected chi connectivity index (χ0v) is 13.1. The molecular formula is C13H11BrCl2S.